The number of amides is 1. The maximum absolute atomic E-state index is 14.3. The summed E-state index contributed by atoms with van der Waals surface area (Å²) in [6, 6.07) is 6.60. The summed E-state index contributed by atoms with van der Waals surface area (Å²) in [6.07, 6.45) is 1.74. The first kappa shape index (κ1) is 17.7. The summed E-state index contributed by atoms with van der Waals surface area (Å²) in [7, 11) is 1.75. The normalized spacial score (nSPS) is 15.3. The van der Waals surface area contributed by atoms with Gasteiger partial charge in [0.15, 0.2) is 5.69 Å². The van der Waals surface area contributed by atoms with Gasteiger partial charge in [0.05, 0.1) is 18.9 Å². The molecule has 1 amide bonds. The van der Waals surface area contributed by atoms with Gasteiger partial charge in [0.2, 0.25) is 0 Å². The first-order valence-electron chi connectivity index (χ1n) is 9.02. The zero-order chi connectivity index (χ0) is 18.8. The lowest BCUT2D eigenvalue weighted by molar-refractivity contribution is 0.0383. The van der Waals surface area contributed by atoms with Crippen LogP contribution in [0.15, 0.2) is 30.5 Å². The third-order valence-corrected chi connectivity index (χ3v) is 4.86. The zero-order valence-corrected chi connectivity index (χ0v) is 15.2. The van der Waals surface area contributed by atoms with Crippen LogP contribution in [-0.4, -0.2) is 65.0 Å². The van der Waals surface area contributed by atoms with Gasteiger partial charge in [-0.25, -0.2) is 4.39 Å². The molecular formula is C19H22FN5O2. The third kappa shape index (κ3) is 3.58. The highest BCUT2D eigenvalue weighted by Crippen LogP contribution is 2.30. The minimum Gasteiger partial charge on any atom is -0.379 e. The number of carbonyl (C=O) groups is 1. The van der Waals surface area contributed by atoms with Crippen LogP contribution in [0.3, 0.4) is 0 Å². The number of aromatic amines is 1. The second-order valence-electron chi connectivity index (χ2n) is 6.61. The molecule has 2 N–H and O–H groups in total. The van der Waals surface area contributed by atoms with E-state index in [-0.39, 0.29) is 11.7 Å². The van der Waals surface area contributed by atoms with Gasteiger partial charge in [-0.1, -0.05) is 6.07 Å². The van der Waals surface area contributed by atoms with Crippen molar-refractivity contribution in [2.24, 2.45) is 7.05 Å². The van der Waals surface area contributed by atoms with E-state index < -0.39 is 0 Å². The predicted molar refractivity (Wildman–Crippen MR) is 100 cm³/mol. The van der Waals surface area contributed by atoms with Gasteiger partial charge in [-0.05, 0) is 18.2 Å². The standard InChI is InChI=1S/C19H22FN5O2/c1-24-17(13-12-22-15-4-2-3-14(20)18(13)15)11-16(23-24)19(26)21-5-6-25-7-9-27-10-8-25/h2-4,11-12,22H,5-10H2,1H3,(H,21,26). The van der Waals surface area contributed by atoms with Crippen LogP contribution in [0, 0.1) is 5.82 Å². The number of aromatic nitrogens is 3. The van der Waals surface area contributed by atoms with Gasteiger partial charge in [-0.2, -0.15) is 5.10 Å². The molecule has 0 saturated carbocycles. The van der Waals surface area contributed by atoms with E-state index in [1.54, 1.807) is 30.1 Å². The summed E-state index contributed by atoms with van der Waals surface area (Å²) in [4.78, 5) is 17.8. The number of nitrogens with one attached hydrogen (secondary N) is 2. The molecule has 2 aromatic heterocycles. The summed E-state index contributed by atoms with van der Waals surface area (Å²) in [5.74, 6) is -0.535. The van der Waals surface area contributed by atoms with Gasteiger partial charge in [0, 0.05) is 55.9 Å². The number of nitrogens with zero attached hydrogens (tertiary/aromatic N) is 3. The molecule has 27 heavy (non-hydrogen) atoms. The Morgan fingerprint density at radius 2 is 2.19 bits per heavy atom. The summed E-state index contributed by atoms with van der Waals surface area (Å²) in [5.41, 5.74) is 2.40. The van der Waals surface area contributed by atoms with Crippen LogP contribution in [-0.2, 0) is 11.8 Å². The van der Waals surface area contributed by atoms with Crippen LogP contribution in [0.25, 0.3) is 22.2 Å². The summed E-state index contributed by atoms with van der Waals surface area (Å²) < 4.78 is 21.2. The van der Waals surface area contributed by atoms with E-state index in [1.807, 2.05) is 6.07 Å². The molecule has 8 heteroatoms. The van der Waals surface area contributed by atoms with Crippen molar-refractivity contribution in [3.63, 3.8) is 0 Å². The average molecular weight is 371 g/mol. The summed E-state index contributed by atoms with van der Waals surface area (Å²) in [5, 5.41) is 7.70. The fourth-order valence-electron chi connectivity index (χ4n) is 3.42. The molecule has 3 heterocycles. The smallest absolute Gasteiger partial charge is 0.271 e. The lowest BCUT2D eigenvalue weighted by atomic mass is 10.1. The molecule has 1 saturated heterocycles. The second kappa shape index (κ2) is 7.50. The lowest BCUT2D eigenvalue weighted by Gasteiger charge is -2.26. The maximum Gasteiger partial charge on any atom is 0.271 e. The van der Waals surface area contributed by atoms with Gasteiger partial charge in [-0.15, -0.1) is 0 Å². The van der Waals surface area contributed by atoms with Crippen LogP contribution in [0.2, 0.25) is 0 Å². The Labute approximate surface area is 156 Å². The van der Waals surface area contributed by atoms with Gasteiger partial charge in [-0.3, -0.25) is 14.4 Å². The molecule has 1 aromatic carbocycles. The lowest BCUT2D eigenvalue weighted by Crippen LogP contribution is -2.41. The van der Waals surface area contributed by atoms with Gasteiger partial charge < -0.3 is 15.0 Å². The Hall–Kier alpha value is -2.71. The fraction of sp³-hybridized carbons (Fsp3) is 0.368. The van der Waals surface area contributed by atoms with E-state index in [9.17, 15) is 9.18 Å². The number of fused-ring (bicyclic) bond motifs is 1. The molecule has 1 aliphatic heterocycles. The quantitative estimate of drug-likeness (QED) is 0.717. The number of benzene rings is 1. The van der Waals surface area contributed by atoms with Crippen molar-refractivity contribution in [1.82, 2.24) is 25.0 Å². The van der Waals surface area contributed by atoms with Crippen LogP contribution >= 0.6 is 0 Å². The SMILES string of the molecule is Cn1nc(C(=O)NCCN2CCOCC2)cc1-c1c[nH]c2cccc(F)c12. The van der Waals surface area contributed by atoms with Crippen molar-refractivity contribution in [3.05, 3.63) is 42.0 Å². The van der Waals surface area contributed by atoms with Gasteiger partial charge in [0.25, 0.3) is 5.91 Å². The van der Waals surface area contributed by atoms with Crippen molar-refractivity contribution in [1.29, 1.82) is 0 Å². The summed E-state index contributed by atoms with van der Waals surface area (Å²) >= 11 is 0. The topological polar surface area (TPSA) is 75.2 Å². The van der Waals surface area contributed by atoms with E-state index >= 15 is 0 Å². The molecule has 0 spiro atoms. The molecule has 1 fully saturated rings. The molecule has 0 unspecified atom stereocenters. The van der Waals surface area contributed by atoms with Crippen LogP contribution in [0.4, 0.5) is 4.39 Å². The number of hydrogen-bond acceptors (Lipinski definition) is 4. The van der Waals surface area contributed by atoms with E-state index in [2.05, 4.69) is 20.3 Å². The average Bonchev–Trinajstić information content (AvgIpc) is 3.27. The summed E-state index contributed by atoms with van der Waals surface area (Å²) in [6.45, 7) is 4.57. The first-order valence-corrected chi connectivity index (χ1v) is 9.02. The number of carbonyl (C=O) groups excluding carboxylic acids is 1. The highest BCUT2D eigenvalue weighted by atomic mass is 19.1. The molecule has 0 radical (unpaired) electrons. The Kier molecular flexibility index (Phi) is 4.91. The molecular weight excluding hydrogens is 349 g/mol. The maximum atomic E-state index is 14.3. The highest BCUT2D eigenvalue weighted by molar-refractivity contribution is 5.98. The Morgan fingerprint density at radius 3 is 3.00 bits per heavy atom. The zero-order valence-electron chi connectivity index (χ0n) is 15.2. The highest BCUT2D eigenvalue weighted by Gasteiger charge is 2.18. The van der Waals surface area contributed by atoms with E-state index in [1.165, 1.54) is 6.07 Å². The van der Waals surface area contributed by atoms with Crippen LogP contribution in [0.1, 0.15) is 10.5 Å². The molecule has 0 bridgehead atoms. The Morgan fingerprint density at radius 1 is 1.37 bits per heavy atom. The Balaban J connectivity index is 1.48. The van der Waals surface area contributed by atoms with Crippen LogP contribution < -0.4 is 5.32 Å². The van der Waals surface area contributed by atoms with Crippen LogP contribution in [0.5, 0.6) is 0 Å². The van der Waals surface area contributed by atoms with Crippen molar-refractivity contribution >= 4 is 16.8 Å². The minimum absolute atomic E-state index is 0.231. The molecule has 1 aliphatic rings. The third-order valence-electron chi connectivity index (χ3n) is 4.86. The van der Waals surface area contributed by atoms with Crippen molar-refractivity contribution < 1.29 is 13.9 Å². The van der Waals surface area contributed by atoms with E-state index in [0.29, 0.717) is 34.4 Å². The molecule has 4 rings (SSSR count). The number of ether oxygens (including phenoxy) is 1. The molecule has 142 valence electrons. The first-order chi connectivity index (χ1) is 13.1. The predicted octanol–water partition coefficient (Wildman–Crippen LogP) is 1.77. The van der Waals surface area contributed by atoms with E-state index in [4.69, 9.17) is 4.74 Å². The number of hydrogen-bond donors (Lipinski definition) is 2. The largest absolute Gasteiger partial charge is 0.379 e. The number of morpholine rings is 1. The monoisotopic (exact) mass is 371 g/mol. The van der Waals surface area contributed by atoms with E-state index in [0.717, 1.165) is 32.8 Å². The molecule has 3 aromatic rings. The van der Waals surface area contributed by atoms with Crippen molar-refractivity contribution in [3.8, 4) is 11.3 Å². The second-order valence-corrected chi connectivity index (χ2v) is 6.61. The number of halogens is 1. The van der Waals surface area contributed by atoms with Gasteiger partial charge in [0.1, 0.15) is 5.82 Å². The van der Waals surface area contributed by atoms with Crippen molar-refractivity contribution in [2.75, 3.05) is 39.4 Å². The Bertz CT molecular complexity index is 958. The number of aryl methyl sites for hydroxylation is 1. The molecule has 0 aliphatic carbocycles. The van der Waals surface area contributed by atoms with Crippen molar-refractivity contribution in [2.45, 2.75) is 0 Å². The molecule has 0 atom stereocenters. The number of H-pyrrole nitrogens is 1. The fourth-order valence-corrected chi connectivity index (χ4v) is 3.42. The molecule has 7 nitrogen and oxygen atoms in total. The number of rotatable bonds is 5. The van der Waals surface area contributed by atoms with Gasteiger partial charge >= 0.3 is 0 Å². The minimum atomic E-state index is -0.304.